The highest BCUT2D eigenvalue weighted by atomic mass is 31.2. The molecular formula is C11H14O2P2. The Kier molecular flexibility index (Phi) is 3.38. The van der Waals surface area contributed by atoms with E-state index in [0.29, 0.717) is 6.16 Å². The molecule has 1 aromatic carbocycles. The zero-order valence-corrected chi connectivity index (χ0v) is 10.3. The molecule has 0 bridgehead atoms. The summed E-state index contributed by atoms with van der Waals surface area (Å²) in [5.41, 5.74) is 0.138. The highest BCUT2D eigenvalue weighted by Crippen LogP contribution is 2.57. The Morgan fingerprint density at radius 2 is 2.07 bits per heavy atom. The lowest BCUT2D eigenvalue weighted by atomic mass is 10.3. The molecule has 0 radical (unpaired) electrons. The fourth-order valence-corrected chi connectivity index (χ4v) is 6.87. The molecule has 2 atom stereocenters. The van der Waals surface area contributed by atoms with Gasteiger partial charge in [0.05, 0.1) is 0 Å². The minimum atomic E-state index is -2.26. The van der Waals surface area contributed by atoms with Crippen LogP contribution in [-0.2, 0) is 9.13 Å². The van der Waals surface area contributed by atoms with Crippen LogP contribution in [0.2, 0.25) is 0 Å². The Hall–Kier alpha value is -0.450. The molecule has 0 saturated carbocycles. The SMILES string of the molecule is O=PC[C@H]1CCCP1(=O)c1ccccc1. The summed E-state index contributed by atoms with van der Waals surface area (Å²) in [5, 5.41) is 0.969. The normalized spacial score (nSPS) is 30.8. The topological polar surface area (TPSA) is 34.1 Å². The van der Waals surface area contributed by atoms with Crippen molar-refractivity contribution in [2.45, 2.75) is 18.5 Å². The lowest BCUT2D eigenvalue weighted by Gasteiger charge is -2.18. The number of hydrogen-bond acceptors (Lipinski definition) is 2. The number of rotatable bonds is 3. The van der Waals surface area contributed by atoms with Gasteiger partial charge in [-0.1, -0.05) is 30.3 Å². The second kappa shape index (κ2) is 4.60. The highest BCUT2D eigenvalue weighted by Gasteiger charge is 2.38. The standard InChI is InChI=1S/C11H14O2P2/c12-14-9-11-7-4-8-15(11,13)10-5-2-1-3-6-10/h1-3,5-6,11H,4,7-9H2/t11-,15?/m1/s1. The first-order valence-corrected chi connectivity index (χ1v) is 8.17. The molecule has 0 aliphatic carbocycles. The van der Waals surface area contributed by atoms with Crippen LogP contribution in [0.15, 0.2) is 30.3 Å². The molecule has 1 saturated heterocycles. The lowest BCUT2D eigenvalue weighted by molar-refractivity contribution is 0.576. The van der Waals surface area contributed by atoms with Crippen LogP contribution in [-0.4, -0.2) is 18.0 Å². The molecule has 1 aliphatic heterocycles. The van der Waals surface area contributed by atoms with Crippen LogP contribution >= 0.6 is 15.6 Å². The van der Waals surface area contributed by atoms with Crippen molar-refractivity contribution in [3.05, 3.63) is 30.3 Å². The molecule has 1 fully saturated rings. The number of benzene rings is 1. The first kappa shape index (κ1) is 11.0. The van der Waals surface area contributed by atoms with Gasteiger partial charge in [-0.05, 0) is 12.8 Å². The molecule has 0 spiro atoms. The van der Waals surface area contributed by atoms with E-state index in [1.54, 1.807) is 0 Å². The molecule has 80 valence electrons. The van der Waals surface area contributed by atoms with E-state index in [2.05, 4.69) is 0 Å². The summed E-state index contributed by atoms with van der Waals surface area (Å²) in [5.74, 6) is 0. The van der Waals surface area contributed by atoms with E-state index in [9.17, 15) is 9.13 Å². The molecule has 1 heterocycles. The molecular weight excluding hydrogens is 226 g/mol. The van der Waals surface area contributed by atoms with Crippen LogP contribution in [0.1, 0.15) is 12.8 Å². The maximum Gasteiger partial charge on any atom is 0.156 e. The summed E-state index contributed by atoms with van der Waals surface area (Å²) >= 11 is 0. The first-order chi connectivity index (χ1) is 7.27. The van der Waals surface area contributed by atoms with Gasteiger partial charge >= 0.3 is 0 Å². The second-order valence-electron chi connectivity index (χ2n) is 3.96. The van der Waals surface area contributed by atoms with Gasteiger partial charge in [-0.2, -0.15) is 0 Å². The summed E-state index contributed by atoms with van der Waals surface area (Å²) in [7, 11) is -2.13. The van der Waals surface area contributed by atoms with Gasteiger partial charge < -0.3 is 4.57 Å². The highest BCUT2D eigenvalue weighted by molar-refractivity contribution is 7.72. The fourth-order valence-electron chi connectivity index (χ4n) is 2.28. The van der Waals surface area contributed by atoms with Gasteiger partial charge in [0.25, 0.3) is 0 Å². The van der Waals surface area contributed by atoms with Gasteiger partial charge in [0.2, 0.25) is 0 Å². The Morgan fingerprint density at radius 3 is 2.73 bits per heavy atom. The third kappa shape index (κ3) is 2.07. The van der Waals surface area contributed by atoms with E-state index in [0.717, 1.165) is 24.3 Å². The van der Waals surface area contributed by atoms with Crippen LogP contribution in [0.5, 0.6) is 0 Å². The maximum atomic E-state index is 12.8. The zero-order valence-electron chi connectivity index (χ0n) is 8.50. The Balaban J connectivity index is 2.33. The molecule has 1 aromatic rings. The van der Waals surface area contributed by atoms with Crippen molar-refractivity contribution in [1.82, 2.24) is 0 Å². The Labute approximate surface area is 91.7 Å². The van der Waals surface area contributed by atoms with Gasteiger partial charge in [-0.15, -0.1) is 0 Å². The van der Waals surface area contributed by atoms with Crippen molar-refractivity contribution >= 4 is 20.9 Å². The van der Waals surface area contributed by atoms with E-state index < -0.39 is 7.14 Å². The smallest absolute Gasteiger partial charge is 0.156 e. The van der Waals surface area contributed by atoms with Crippen LogP contribution < -0.4 is 5.30 Å². The van der Waals surface area contributed by atoms with Crippen LogP contribution in [0.4, 0.5) is 0 Å². The van der Waals surface area contributed by atoms with E-state index >= 15 is 0 Å². The van der Waals surface area contributed by atoms with Crippen molar-refractivity contribution in [2.75, 3.05) is 12.3 Å². The Morgan fingerprint density at radius 1 is 1.33 bits per heavy atom. The fraction of sp³-hybridized carbons (Fsp3) is 0.455. The first-order valence-electron chi connectivity index (χ1n) is 5.21. The van der Waals surface area contributed by atoms with Crippen molar-refractivity contribution < 1.29 is 9.13 Å². The summed E-state index contributed by atoms with van der Waals surface area (Å²) < 4.78 is 23.4. The second-order valence-corrected chi connectivity index (χ2v) is 7.87. The minimum Gasteiger partial charge on any atom is -0.318 e. The van der Waals surface area contributed by atoms with E-state index in [4.69, 9.17) is 0 Å². The predicted molar refractivity (Wildman–Crippen MR) is 64.0 cm³/mol. The van der Waals surface area contributed by atoms with Gasteiger partial charge in [0.15, 0.2) is 8.46 Å². The van der Waals surface area contributed by atoms with Crippen LogP contribution in [0.3, 0.4) is 0 Å². The van der Waals surface area contributed by atoms with E-state index in [1.807, 2.05) is 30.3 Å². The van der Waals surface area contributed by atoms with Crippen molar-refractivity contribution in [3.8, 4) is 0 Å². The van der Waals surface area contributed by atoms with Crippen molar-refractivity contribution in [2.24, 2.45) is 0 Å². The third-order valence-electron chi connectivity index (χ3n) is 3.10. The van der Waals surface area contributed by atoms with E-state index in [-0.39, 0.29) is 14.1 Å². The van der Waals surface area contributed by atoms with E-state index in [1.165, 1.54) is 0 Å². The maximum absolute atomic E-state index is 12.8. The lowest BCUT2D eigenvalue weighted by Crippen LogP contribution is -2.15. The molecule has 2 nitrogen and oxygen atoms in total. The molecule has 0 N–H and O–H groups in total. The number of hydrogen-bond donors (Lipinski definition) is 0. The molecule has 15 heavy (non-hydrogen) atoms. The summed E-state index contributed by atoms with van der Waals surface area (Å²) in [4.78, 5) is 0. The van der Waals surface area contributed by atoms with Crippen LogP contribution in [0, 0.1) is 0 Å². The van der Waals surface area contributed by atoms with Crippen molar-refractivity contribution in [3.63, 3.8) is 0 Å². The molecule has 2 rings (SSSR count). The van der Waals surface area contributed by atoms with Gasteiger partial charge in [-0.3, -0.25) is 4.57 Å². The summed E-state index contributed by atoms with van der Waals surface area (Å²) in [6.07, 6.45) is 3.30. The summed E-state index contributed by atoms with van der Waals surface area (Å²) in [6, 6.07) is 9.69. The molecule has 4 heteroatoms. The van der Waals surface area contributed by atoms with Gasteiger partial charge in [0.1, 0.15) is 7.14 Å². The Bertz CT molecular complexity index is 389. The third-order valence-corrected chi connectivity index (χ3v) is 7.75. The predicted octanol–water partition coefficient (Wildman–Crippen LogP) is 3.13. The van der Waals surface area contributed by atoms with Crippen molar-refractivity contribution in [1.29, 1.82) is 0 Å². The van der Waals surface area contributed by atoms with Crippen LogP contribution in [0.25, 0.3) is 0 Å². The average molecular weight is 240 g/mol. The van der Waals surface area contributed by atoms with Gasteiger partial charge in [-0.25, -0.2) is 0 Å². The minimum absolute atomic E-state index is 0.127. The molecule has 1 aliphatic rings. The molecule has 0 aromatic heterocycles. The molecule has 1 unspecified atom stereocenters. The summed E-state index contributed by atoms with van der Waals surface area (Å²) in [6.45, 7) is 0. The monoisotopic (exact) mass is 240 g/mol. The van der Waals surface area contributed by atoms with Gasteiger partial charge in [0, 0.05) is 23.3 Å². The zero-order chi connectivity index (χ0) is 10.7. The molecule has 0 amide bonds. The largest absolute Gasteiger partial charge is 0.318 e. The quantitative estimate of drug-likeness (QED) is 0.760. The average Bonchev–Trinajstić information content (AvgIpc) is 2.64.